The Kier molecular flexibility index (Phi) is 5.94. The van der Waals surface area contributed by atoms with Crippen molar-refractivity contribution in [3.8, 4) is 0 Å². The minimum Gasteiger partial charge on any atom is -0.477 e. The molecule has 2 aliphatic rings. The van der Waals surface area contributed by atoms with Crippen molar-refractivity contribution in [3.63, 3.8) is 0 Å². The lowest BCUT2D eigenvalue weighted by atomic mass is 10.0. The number of carbonyl (C=O) groups is 3. The standard InChI is InChI=1S/C17H15N7O5S3/c1-6-8(21-23-32-6)3-2-7-4-30-15-11(14(26)24(15)12(7)16(27)28)20-13(25)10(22-29)9-5-31-17(18)19-9/h2-3,5,11,15,29H,4H2,1H3,(H2,18,19)(H,20,25)(H,27,28)/b3-2-,22-10-/t11?,15-/m0/s1. The number of β-lactam (4-membered cyclic amide) rings is 1. The Morgan fingerprint density at radius 2 is 2.19 bits per heavy atom. The van der Waals surface area contributed by atoms with E-state index in [0.717, 1.165) is 21.1 Å². The number of anilines is 1. The number of nitrogens with one attached hydrogen (secondary N) is 1. The summed E-state index contributed by atoms with van der Waals surface area (Å²) in [5, 5.41) is 29.4. The van der Waals surface area contributed by atoms with Crippen LogP contribution in [0.15, 0.2) is 27.9 Å². The zero-order valence-electron chi connectivity index (χ0n) is 16.3. The third-order valence-corrected chi connectivity index (χ3v) is 7.32. The van der Waals surface area contributed by atoms with Crippen LogP contribution in [-0.4, -0.2) is 70.4 Å². The molecule has 0 radical (unpaired) electrons. The Bertz CT molecular complexity index is 1200. The number of aryl methyl sites for hydroxylation is 1. The maximum absolute atomic E-state index is 12.8. The SMILES string of the molecule is Cc1snnc1/C=C\C1=C(C(=O)O)N2C(=O)C(NC(=O)/C(=N\O)c3csc(N)n3)[C@@H]2SC1. The summed E-state index contributed by atoms with van der Waals surface area (Å²) < 4.78 is 3.83. The average Bonchev–Trinajstić information content (AvgIpc) is 3.37. The molecule has 4 rings (SSSR count). The Hall–Kier alpha value is -3.30. The van der Waals surface area contributed by atoms with Crippen molar-refractivity contribution >= 4 is 69.3 Å². The molecule has 0 aromatic carbocycles. The van der Waals surface area contributed by atoms with E-state index in [1.165, 1.54) is 28.7 Å². The second-order valence-corrected chi connectivity index (χ2v) is 9.56. The fourth-order valence-corrected chi connectivity index (χ4v) is 5.48. The van der Waals surface area contributed by atoms with Gasteiger partial charge in [0.05, 0.1) is 0 Å². The number of thiazole rings is 1. The number of allylic oxidation sites excluding steroid dienone is 1. The van der Waals surface area contributed by atoms with Crippen molar-refractivity contribution < 1.29 is 24.7 Å². The molecule has 2 aromatic heterocycles. The third kappa shape index (κ3) is 3.85. The molecule has 32 heavy (non-hydrogen) atoms. The number of hydrogen-bond donors (Lipinski definition) is 4. The van der Waals surface area contributed by atoms with E-state index in [0.29, 0.717) is 17.0 Å². The van der Waals surface area contributed by atoms with Crippen molar-refractivity contribution in [1.82, 2.24) is 24.8 Å². The van der Waals surface area contributed by atoms with Gasteiger partial charge in [0.2, 0.25) is 0 Å². The number of carboxylic acids is 1. The van der Waals surface area contributed by atoms with Crippen LogP contribution in [0.5, 0.6) is 0 Å². The Morgan fingerprint density at radius 3 is 2.78 bits per heavy atom. The molecule has 2 aliphatic heterocycles. The van der Waals surface area contributed by atoms with Crippen LogP contribution >= 0.6 is 34.6 Å². The Balaban J connectivity index is 1.53. The van der Waals surface area contributed by atoms with Crippen molar-refractivity contribution in [2.75, 3.05) is 11.5 Å². The Morgan fingerprint density at radius 1 is 1.41 bits per heavy atom. The molecule has 15 heteroatoms. The molecule has 2 atom stereocenters. The second-order valence-electron chi connectivity index (χ2n) is 6.61. The number of aliphatic carboxylic acids is 1. The first kappa shape index (κ1) is 21.9. The molecular weight excluding hydrogens is 478 g/mol. The maximum Gasteiger partial charge on any atom is 0.352 e. The zero-order chi connectivity index (χ0) is 23.0. The molecule has 1 fully saturated rings. The number of rotatable bonds is 6. The van der Waals surface area contributed by atoms with Gasteiger partial charge < -0.3 is 21.4 Å². The highest BCUT2D eigenvalue weighted by molar-refractivity contribution is 8.00. The number of nitrogen functional groups attached to an aromatic ring is 1. The minimum atomic E-state index is -1.25. The molecule has 4 heterocycles. The van der Waals surface area contributed by atoms with E-state index in [1.54, 1.807) is 12.2 Å². The Labute approximate surface area is 192 Å². The van der Waals surface area contributed by atoms with E-state index in [9.17, 15) is 24.7 Å². The van der Waals surface area contributed by atoms with Crippen LogP contribution in [0.2, 0.25) is 0 Å². The summed E-state index contributed by atoms with van der Waals surface area (Å²) in [4.78, 5) is 43.1. The van der Waals surface area contributed by atoms with Gasteiger partial charge in [0, 0.05) is 16.0 Å². The first-order valence-electron chi connectivity index (χ1n) is 8.94. The summed E-state index contributed by atoms with van der Waals surface area (Å²) in [6, 6.07) is -0.981. The molecule has 1 saturated heterocycles. The van der Waals surface area contributed by atoms with Gasteiger partial charge in [-0.2, -0.15) is 0 Å². The summed E-state index contributed by atoms with van der Waals surface area (Å²) in [5.74, 6) is -2.36. The fourth-order valence-electron chi connectivity index (χ4n) is 3.16. The van der Waals surface area contributed by atoms with E-state index in [4.69, 9.17) is 5.73 Å². The van der Waals surface area contributed by atoms with Crippen LogP contribution in [0.1, 0.15) is 16.3 Å². The number of aromatic nitrogens is 3. The van der Waals surface area contributed by atoms with Crippen LogP contribution in [-0.2, 0) is 14.4 Å². The topological polar surface area (TPSA) is 184 Å². The number of carbonyl (C=O) groups excluding carboxylic acids is 2. The van der Waals surface area contributed by atoms with Gasteiger partial charge in [-0.05, 0) is 30.1 Å². The van der Waals surface area contributed by atoms with E-state index >= 15 is 0 Å². The van der Waals surface area contributed by atoms with E-state index in [-0.39, 0.29) is 16.5 Å². The smallest absolute Gasteiger partial charge is 0.352 e. The molecule has 0 aliphatic carbocycles. The van der Waals surface area contributed by atoms with Gasteiger partial charge in [-0.3, -0.25) is 14.5 Å². The van der Waals surface area contributed by atoms with Crippen LogP contribution in [0.3, 0.4) is 0 Å². The quantitative estimate of drug-likeness (QED) is 0.191. The highest BCUT2D eigenvalue weighted by Crippen LogP contribution is 2.40. The minimum absolute atomic E-state index is 0.0674. The number of oxime groups is 1. The zero-order valence-corrected chi connectivity index (χ0v) is 18.7. The van der Waals surface area contributed by atoms with Gasteiger partial charge in [-0.1, -0.05) is 15.7 Å². The summed E-state index contributed by atoms with van der Waals surface area (Å²) in [6.07, 6.45) is 3.27. The molecule has 12 nitrogen and oxygen atoms in total. The summed E-state index contributed by atoms with van der Waals surface area (Å²) in [5.41, 5.74) is 6.13. The molecule has 166 valence electrons. The third-order valence-electron chi connectivity index (χ3n) is 4.70. The van der Waals surface area contributed by atoms with Gasteiger partial charge in [0.15, 0.2) is 10.8 Å². The van der Waals surface area contributed by atoms with Crippen LogP contribution < -0.4 is 11.1 Å². The number of carboxylic acid groups (broad SMARTS) is 1. The van der Waals surface area contributed by atoms with E-state index in [2.05, 4.69) is 25.0 Å². The number of nitrogens with zero attached hydrogens (tertiary/aromatic N) is 5. The summed E-state index contributed by atoms with van der Waals surface area (Å²) in [7, 11) is 0. The van der Waals surface area contributed by atoms with Gasteiger partial charge in [-0.25, -0.2) is 9.78 Å². The molecule has 5 N–H and O–H groups in total. The van der Waals surface area contributed by atoms with Crippen LogP contribution in [0.4, 0.5) is 5.13 Å². The van der Waals surface area contributed by atoms with Gasteiger partial charge in [0.25, 0.3) is 11.8 Å². The van der Waals surface area contributed by atoms with E-state index in [1.807, 2.05) is 6.92 Å². The van der Waals surface area contributed by atoms with Crippen molar-refractivity contribution in [1.29, 1.82) is 0 Å². The lowest BCUT2D eigenvalue weighted by Crippen LogP contribution is -2.71. The molecule has 0 spiro atoms. The highest BCUT2D eigenvalue weighted by atomic mass is 32.2. The van der Waals surface area contributed by atoms with Crippen molar-refractivity contribution in [3.05, 3.63) is 39.0 Å². The van der Waals surface area contributed by atoms with Gasteiger partial charge in [0.1, 0.15) is 28.5 Å². The number of fused-ring (bicyclic) bond motifs is 1. The molecular formula is C17H15N7O5S3. The summed E-state index contributed by atoms with van der Waals surface area (Å²) in [6.45, 7) is 1.85. The lowest BCUT2D eigenvalue weighted by Gasteiger charge is -2.49. The lowest BCUT2D eigenvalue weighted by molar-refractivity contribution is -0.150. The van der Waals surface area contributed by atoms with Gasteiger partial charge in [-0.15, -0.1) is 28.2 Å². The first-order valence-corrected chi connectivity index (χ1v) is 11.6. The predicted octanol–water partition coefficient (Wildman–Crippen LogP) is 0.516. The highest BCUT2D eigenvalue weighted by Gasteiger charge is 2.54. The molecule has 0 saturated carbocycles. The van der Waals surface area contributed by atoms with E-state index < -0.39 is 34.9 Å². The maximum atomic E-state index is 12.8. The molecule has 0 bridgehead atoms. The average molecular weight is 494 g/mol. The largest absolute Gasteiger partial charge is 0.477 e. The number of hydrogen-bond acceptors (Lipinski definition) is 12. The van der Waals surface area contributed by atoms with Crippen molar-refractivity contribution in [2.24, 2.45) is 5.16 Å². The molecule has 1 unspecified atom stereocenters. The predicted molar refractivity (Wildman–Crippen MR) is 118 cm³/mol. The van der Waals surface area contributed by atoms with Gasteiger partial charge >= 0.3 is 5.97 Å². The van der Waals surface area contributed by atoms with Crippen molar-refractivity contribution in [2.45, 2.75) is 18.3 Å². The second kappa shape index (κ2) is 8.68. The number of nitrogens with two attached hydrogens (primary N) is 1. The first-order chi connectivity index (χ1) is 15.3. The van der Waals surface area contributed by atoms with Crippen LogP contribution in [0.25, 0.3) is 6.08 Å². The number of thioether (sulfide) groups is 1. The normalized spacial score (nSPS) is 21.0. The fraction of sp³-hybridized carbons (Fsp3) is 0.235. The summed E-state index contributed by atoms with van der Waals surface area (Å²) >= 11 is 3.59. The van der Waals surface area contributed by atoms with Crippen LogP contribution in [0, 0.1) is 6.92 Å². The monoisotopic (exact) mass is 493 g/mol. The molecule has 2 amide bonds. The number of amides is 2. The molecule has 2 aromatic rings.